The Balaban J connectivity index is 1.63. The van der Waals surface area contributed by atoms with Crippen molar-refractivity contribution in [3.8, 4) is 5.75 Å². The van der Waals surface area contributed by atoms with E-state index in [4.69, 9.17) is 21.2 Å². The zero-order valence-electron chi connectivity index (χ0n) is 14.8. The van der Waals surface area contributed by atoms with E-state index in [0.29, 0.717) is 28.7 Å². The van der Waals surface area contributed by atoms with Crippen LogP contribution in [-0.4, -0.2) is 11.7 Å². The standard InChI is InChI=1S/C23H16ClNO3/c24-20-12-6-4-11-18(20)15-27-21-13-7-5-10-17(21)14-19-22(25-28-23(19)26)16-8-2-1-3-9-16/h1-14H,15H2/b19-14-. The summed E-state index contributed by atoms with van der Waals surface area (Å²) in [5.41, 5.74) is 3.35. The first kappa shape index (κ1) is 18.0. The molecule has 3 aromatic carbocycles. The van der Waals surface area contributed by atoms with Crippen molar-refractivity contribution in [2.24, 2.45) is 5.16 Å². The van der Waals surface area contributed by atoms with Crippen molar-refractivity contribution < 1.29 is 14.4 Å². The summed E-state index contributed by atoms with van der Waals surface area (Å²) < 4.78 is 5.97. The highest BCUT2D eigenvalue weighted by atomic mass is 35.5. The van der Waals surface area contributed by atoms with Crippen molar-refractivity contribution in [1.29, 1.82) is 0 Å². The van der Waals surface area contributed by atoms with Crippen LogP contribution in [0.2, 0.25) is 5.02 Å². The van der Waals surface area contributed by atoms with Crippen molar-refractivity contribution in [2.75, 3.05) is 0 Å². The molecule has 1 aliphatic heterocycles. The van der Waals surface area contributed by atoms with Gasteiger partial charge in [0.2, 0.25) is 0 Å². The molecule has 0 saturated carbocycles. The fourth-order valence-corrected chi connectivity index (χ4v) is 3.06. The summed E-state index contributed by atoms with van der Waals surface area (Å²) >= 11 is 6.20. The highest BCUT2D eigenvalue weighted by Crippen LogP contribution is 2.27. The fourth-order valence-electron chi connectivity index (χ4n) is 2.87. The molecule has 0 fully saturated rings. The number of para-hydroxylation sites is 1. The molecule has 0 spiro atoms. The van der Waals surface area contributed by atoms with E-state index in [2.05, 4.69) is 5.16 Å². The minimum atomic E-state index is -0.486. The summed E-state index contributed by atoms with van der Waals surface area (Å²) in [5, 5.41) is 4.59. The second-order valence-electron chi connectivity index (χ2n) is 6.16. The summed E-state index contributed by atoms with van der Waals surface area (Å²) in [7, 11) is 0. The maximum absolute atomic E-state index is 12.2. The quantitative estimate of drug-likeness (QED) is 0.441. The molecule has 4 rings (SSSR count). The van der Waals surface area contributed by atoms with Crippen LogP contribution in [0.3, 0.4) is 0 Å². The van der Waals surface area contributed by atoms with Gasteiger partial charge in [-0.3, -0.25) is 0 Å². The lowest BCUT2D eigenvalue weighted by Crippen LogP contribution is -2.07. The lowest BCUT2D eigenvalue weighted by Gasteiger charge is -2.11. The van der Waals surface area contributed by atoms with E-state index in [0.717, 1.165) is 16.7 Å². The van der Waals surface area contributed by atoms with Gasteiger partial charge >= 0.3 is 5.97 Å². The molecule has 0 amide bonds. The van der Waals surface area contributed by atoms with E-state index < -0.39 is 5.97 Å². The Morgan fingerprint density at radius 1 is 0.929 bits per heavy atom. The third-order valence-corrected chi connectivity index (χ3v) is 4.67. The molecular weight excluding hydrogens is 374 g/mol. The minimum absolute atomic E-state index is 0.323. The lowest BCUT2D eigenvalue weighted by molar-refractivity contribution is -0.136. The van der Waals surface area contributed by atoms with Crippen LogP contribution in [0.5, 0.6) is 5.75 Å². The number of halogens is 1. The van der Waals surface area contributed by atoms with Crippen LogP contribution in [0.1, 0.15) is 16.7 Å². The van der Waals surface area contributed by atoms with Crippen LogP contribution in [0, 0.1) is 0 Å². The zero-order valence-corrected chi connectivity index (χ0v) is 15.6. The van der Waals surface area contributed by atoms with Crippen LogP contribution in [0.15, 0.2) is 89.6 Å². The summed E-state index contributed by atoms with van der Waals surface area (Å²) in [6.45, 7) is 0.323. The molecule has 1 aliphatic rings. The van der Waals surface area contributed by atoms with E-state index in [1.807, 2.05) is 78.9 Å². The van der Waals surface area contributed by atoms with E-state index in [1.165, 1.54) is 0 Å². The molecule has 0 saturated heterocycles. The van der Waals surface area contributed by atoms with Crippen LogP contribution in [0.4, 0.5) is 0 Å². The molecule has 0 unspecified atom stereocenters. The summed E-state index contributed by atoms with van der Waals surface area (Å²) in [6.07, 6.45) is 1.74. The number of benzene rings is 3. The Labute approximate surface area is 167 Å². The summed E-state index contributed by atoms with van der Waals surface area (Å²) in [5.74, 6) is 0.154. The van der Waals surface area contributed by atoms with Crippen molar-refractivity contribution in [3.63, 3.8) is 0 Å². The van der Waals surface area contributed by atoms with Crippen LogP contribution in [0.25, 0.3) is 6.08 Å². The highest BCUT2D eigenvalue weighted by molar-refractivity contribution is 6.31. The lowest BCUT2D eigenvalue weighted by atomic mass is 10.0. The van der Waals surface area contributed by atoms with Crippen LogP contribution < -0.4 is 4.74 Å². The van der Waals surface area contributed by atoms with Gasteiger partial charge in [0.1, 0.15) is 18.1 Å². The van der Waals surface area contributed by atoms with E-state index in [9.17, 15) is 4.79 Å². The van der Waals surface area contributed by atoms with E-state index in [1.54, 1.807) is 6.08 Å². The first-order valence-electron chi connectivity index (χ1n) is 8.74. The predicted octanol–water partition coefficient (Wildman–Crippen LogP) is 5.26. The van der Waals surface area contributed by atoms with Gasteiger partial charge in [0.15, 0.2) is 0 Å². The van der Waals surface area contributed by atoms with Crippen LogP contribution in [-0.2, 0) is 16.2 Å². The first-order valence-corrected chi connectivity index (χ1v) is 9.12. The topological polar surface area (TPSA) is 47.9 Å². The number of ether oxygens (including phenoxy) is 1. The molecule has 0 bridgehead atoms. The molecule has 28 heavy (non-hydrogen) atoms. The van der Waals surface area contributed by atoms with Crippen molar-refractivity contribution in [1.82, 2.24) is 0 Å². The van der Waals surface area contributed by atoms with Crippen molar-refractivity contribution in [2.45, 2.75) is 6.61 Å². The number of carbonyl (C=O) groups excluding carboxylic acids is 1. The van der Waals surface area contributed by atoms with Gasteiger partial charge in [0.25, 0.3) is 0 Å². The monoisotopic (exact) mass is 389 g/mol. The number of hydrogen-bond acceptors (Lipinski definition) is 4. The molecule has 0 N–H and O–H groups in total. The Morgan fingerprint density at radius 2 is 1.64 bits per heavy atom. The minimum Gasteiger partial charge on any atom is -0.488 e. The number of nitrogens with zero attached hydrogens (tertiary/aromatic N) is 1. The first-order chi connectivity index (χ1) is 13.7. The van der Waals surface area contributed by atoms with E-state index in [-0.39, 0.29) is 0 Å². The van der Waals surface area contributed by atoms with Crippen molar-refractivity contribution in [3.05, 3.63) is 106 Å². The SMILES string of the molecule is O=C1ON=C(c2ccccc2)/C1=C/c1ccccc1OCc1ccccc1Cl. The molecule has 4 nitrogen and oxygen atoms in total. The highest BCUT2D eigenvalue weighted by Gasteiger charge is 2.27. The predicted molar refractivity (Wildman–Crippen MR) is 109 cm³/mol. The third-order valence-electron chi connectivity index (χ3n) is 4.30. The number of rotatable bonds is 5. The Kier molecular flexibility index (Phi) is 5.22. The van der Waals surface area contributed by atoms with Gasteiger partial charge in [0, 0.05) is 21.7 Å². The smallest absolute Gasteiger partial charge is 0.368 e. The number of carbonyl (C=O) groups is 1. The van der Waals surface area contributed by atoms with Gasteiger partial charge in [-0.2, -0.15) is 0 Å². The second-order valence-corrected chi connectivity index (χ2v) is 6.57. The van der Waals surface area contributed by atoms with E-state index >= 15 is 0 Å². The van der Waals surface area contributed by atoms with Gasteiger partial charge in [-0.25, -0.2) is 4.79 Å². The molecule has 0 aromatic heterocycles. The van der Waals surface area contributed by atoms with Gasteiger partial charge in [-0.15, -0.1) is 0 Å². The summed E-state index contributed by atoms with van der Waals surface area (Å²) in [4.78, 5) is 17.1. The Bertz CT molecular complexity index is 1070. The molecule has 0 aliphatic carbocycles. The Morgan fingerprint density at radius 3 is 2.46 bits per heavy atom. The average molecular weight is 390 g/mol. The van der Waals surface area contributed by atoms with Gasteiger partial charge in [-0.1, -0.05) is 83.5 Å². The molecule has 0 radical (unpaired) electrons. The fraction of sp³-hybridized carbons (Fsp3) is 0.0435. The maximum atomic E-state index is 12.2. The van der Waals surface area contributed by atoms with Gasteiger partial charge < -0.3 is 9.57 Å². The summed E-state index contributed by atoms with van der Waals surface area (Å²) in [6, 6.07) is 24.5. The van der Waals surface area contributed by atoms with Gasteiger partial charge in [-0.05, 0) is 18.2 Å². The molecule has 3 aromatic rings. The molecular formula is C23H16ClNO3. The number of oxime groups is 1. The van der Waals surface area contributed by atoms with Gasteiger partial charge in [0.05, 0.1) is 5.57 Å². The molecule has 1 heterocycles. The average Bonchev–Trinajstić information content (AvgIpc) is 3.09. The molecule has 5 heteroatoms. The largest absolute Gasteiger partial charge is 0.488 e. The molecule has 0 atom stereocenters. The number of hydrogen-bond donors (Lipinski definition) is 0. The van der Waals surface area contributed by atoms with Crippen molar-refractivity contribution >= 4 is 29.4 Å². The molecule has 138 valence electrons. The third kappa shape index (κ3) is 3.82. The normalized spacial score (nSPS) is 14.7. The maximum Gasteiger partial charge on any atom is 0.368 e. The second kappa shape index (κ2) is 8.11. The van der Waals surface area contributed by atoms with Crippen LogP contribution >= 0.6 is 11.6 Å². The zero-order chi connectivity index (χ0) is 19.3. The Hall–Kier alpha value is -3.37.